The number of hydrogen-bond donors (Lipinski definition) is 0. The van der Waals surface area contributed by atoms with Crippen molar-refractivity contribution >= 4 is 24.7 Å². The molecule has 1 unspecified atom stereocenters. The first kappa shape index (κ1) is 15.0. The molecule has 0 aliphatic rings. The SMILES string of the molecule is [B]C(CC)(CCCCCCCC)C(=O)Cl. The summed E-state index contributed by atoms with van der Waals surface area (Å²) >= 11 is 5.48. The van der Waals surface area contributed by atoms with Gasteiger partial charge in [0, 0.05) is 5.31 Å². The van der Waals surface area contributed by atoms with Gasteiger partial charge in [-0.2, -0.15) is 0 Å². The quantitative estimate of drug-likeness (QED) is 0.328. The van der Waals surface area contributed by atoms with Gasteiger partial charge in [0.25, 0.3) is 0 Å². The van der Waals surface area contributed by atoms with E-state index in [0.717, 1.165) is 19.3 Å². The minimum atomic E-state index is -0.785. The highest BCUT2D eigenvalue weighted by Gasteiger charge is 2.27. The third-order valence-electron chi connectivity index (χ3n) is 3.00. The molecule has 0 bridgehead atoms. The molecule has 0 saturated carbocycles. The van der Waals surface area contributed by atoms with E-state index in [2.05, 4.69) is 6.92 Å². The van der Waals surface area contributed by atoms with Gasteiger partial charge in [0.15, 0.2) is 0 Å². The topological polar surface area (TPSA) is 17.1 Å². The fourth-order valence-electron chi connectivity index (χ4n) is 1.63. The lowest BCUT2D eigenvalue weighted by molar-refractivity contribution is -0.114. The summed E-state index contributed by atoms with van der Waals surface area (Å²) in [6.07, 6.45) is 8.60. The smallest absolute Gasteiger partial charge is 0.219 e. The molecule has 2 radical (unpaired) electrons. The zero-order valence-electron chi connectivity index (χ0n) is 10.0. The summed E-state index contributed by atoms with van der Waals surface area (Å²) in [5.41, 5.74) is 0. The minimum absolute atomic E-state index is 0.390. The molecular formula is C12H22BClO. The molecule has 15 heavy (non-hydrogen) atoms. The van der Waals surface area contributed by atoms with E-state index in [4.69, 9.17) is 19.4 Å². The van der Waals surface area contributed by atoms with Crippen molar-refractivity contribution in [1.82, 2.24) is 0 Å². The van der Waals surface area contributed by atoms with Gasteiger partial charge in [-0.3, -0.25) is 4.79 Å². The summed E-state index contributed by atoms with van der Waals surface area (Å²) in [6.45, 7) is 4.12. The molecule has 0 spiro atoms. The van der Waals surface area contributed by atoms with Crippen LogP contribution in [0.5, 0.6) is 0 Å². The molecule has 0 aromatic heterocycles. The Morgan fingerprint density at radius 3 is 2.13 bits per heavy atom. The summed E-state index contributed by atoms with van der Waals surface area (Å²) in [4.78, 5) is 11.1. The summed E-state index contributed by atoms with van der Waals surface area (Å²) in [5, 5.41) is -1.18. The lowest BCUT2D eigenvalue weighted by atomic mass is 9.65. The highest BCUT2D eigenvalue weighted by Crippen LogP contribution is 2.35. The van der Waals surface area contributed by atoms with Crippen LogP contribution >= 0.6 is 11.6 Å². The fourth-order valence-corrected chi connectivity index (χ4v) is 1.86. The van der Waals surface area contributed by atoms with Crippen LogP contribution in [-0.4, -0.2) is 13.1 Å². The van der Waals surface area contributed by atoms with Crippen LogP contribution in [0.25, 0.3) is 0 Å². The van der Waals surface area contributed by atoms with Crippen LogP contribution in [0.2, 0.25) is 5.31 Å². The third-order valence-corrected chi connectivity index (χ3v) is 3.38. The molecule has 0 rings (SSSR count). The molecule has 0 aromatic rings. The van der Waals surface area contributed by atoms with E-state index >= 15 is 0 Å². The summed E-state index contributed by atoms with van der Waals surface area (Å²) in [6, 6.07) is 0. The Morgan fingerprint density at radius 2 is 1.67 bits per heavy atom. The fraction of sp³-hybridized carbons (Fsp3) is 0.917. The largest absolute Gasteiger partial charge is 0.282 e. The zero-order valence-corrected chi connectivity index (χ0v) is 10.8. The van der Waals surface area contributed by atoms with Crippen molar-refractivity contribution in [2.24, 2.45) is 0 Å². The van der Waals surface area contributed by atoms with Gasteiger partial charge in [-0.15, -0.1) is 0 Å². The van der Waals surface area contributed by atoms with E-state index < -0.39 is 10.6 Å². The van der Waals surface area contributed by atoms with E-state index in [1.807, 2.05) is 6.92 Å². The van der Waals surface area contributed by atoms with Gasteiger partial charge in [0.1, 0.15) is 0 Å². The third kappa shape index (κ3) is 6.24. The predicted molar refractivity (Wildman–Crippen MR) is 67.6 cm³/mol. The Bertz CT molecular complexity index is 184. The summed E-state index contributed by atoms with van der Waals surface area (Å²) < 4.78 is 0. The van der Waals surface area contributed by atoms with Gasteiger partial charge in [0.2, 0.25) is 5.24 Å². The Hall–Kier alpha value is 0.0249. The summed E-state index contributed by atoms with van der Waals surface area (Å²) in [7, 11) is 5.90. The van der Waals surface area contributed by atoms with Crippen molar-refractivity contribution in [1.29, 1.82) is 0 Å². The van der Waals surface area contributed by atoms with E-state index in [0.29, 0.717) is 6.42 Å². The normalized spacial score (nSPS) is 14.9. The van der Waals surface area contributed by atoms with Crippen molar-refractivity contribution in [3.63, 3.8) is 0 Å². The van der Waals surface area contributed by atoms with Crippen LogP contribution in [-0.2, 0) is 4.79 Å². The lowest BCUT2D eigenvalue weighted by Crippen LogP contribution is -2.19. The van der Waals surface area contributed by atoms with Crippen molar-refractivity contribution in [2.75, 3.05) is 0 Å². The average Bonchev–Trinajstić information content (AvgIpc) is 2.22. The number of carbonyl (C=O) groups excluding carboxylic acids is 1. The van der Waals surface area contributed by atoms with Gasteiger partial charge in [0.05, 0.1) is 7.85 Å². The van der Waals surface area contributed by atoms with Crippen LogP contribution < -0.4 is 0 Å². The first-order valence-electron chi connectivity index (χ1n) is 6.05. The van der Waals surface area contributed by atoms with Gasteiger partial charge in [-0.25, -0.2) is 0 Å². The zero-order chi connectivity index (χ0) is 11.7. The molecule has 3 heteroatoms. The molecule has 0 N–H and O–H groups in total. The van der Waals surface area contributed by atoms with Gasteiger partial charge < -0.3 is 0 Å². The maximum Gasteiger partial charge on any atom is 0.219 e. The molecule has 0 aliphatic carbocycles. The number of rotatable bonds is 9. The van der Waals surface area contributed by atoms with Crippen LogP contribution in [0.3, 0.4) is 0 Å². The van der Waals surface area contributed by atoms with E-state index in [-0.39, 0.29) is 0 Å². The van der Waals surface area contributed by atoms with Crippen LogP contribution in [0.1, 0.15) is 65.2 Å². The molecule has 1 nitrogen and oxygen atoms in total. The Labute approximate surface area is 100 Å². The molecule has 1 atom stereocenters. The van der Waals surface area contributed by atoms with Crippen molar-refractivity contribution < 1.29 is 4.79 Å². The maximum absolute atomic E-state index is 11.1. The first-order valence-corrected chi connectivity index (χ1v) is 6.43. The maximum atomic E-state index is 11.1. The van der Waals surface area contributed by atoms with Crippen LogP contribution in [0.15, 0.2) is 0 Å². The second-order valence-electron chi connectivity index (χ2n) is 4.30. The molecule has 0 fully saturated rings. The monoisotopic (exact) mass is 228 g/mol. The standard InChI is InChI=1S/C12H22BClO/c1-3-5-6-7-8-9-10-12(13,4-2)11(14)15/h3-10H2,1-2H3. The highest BCUT2D eigenvalue weighted by molar-refractivity contribution is 6.69. The Balaban J connectivity index is 3.60. The number of unbranched alkanes of at least 4 members (excludes halogenated alkanes) is 5. The highest BCUT2D eigenvalue weighted by atomic mass is 35.5. The van der Waals surface area contributed by atoms with Crippen molar-refractivity contribution in [3.8, 4) is 0 Å². The number of halogens is 1. The molecule has 86 valence electrons. The van der Waals surface area contributed by atoms with Gasteiger partial charge in [-0.1, -0.05) is 58.8 Å². The van der Waals surface area contributed by atoms with Gasteiger partial charge in [-0.05, 0) is 18.0 Å². The van der Waals surface area contributed by atoms with Gasteiger partial charge >= 0.3 is 0 Å². The molecule has 0 amide bonds. The van der Waals surface area contributed by atoms with E-state index in [9.17, 15) is 4.79 Å². The molecule has 0 heterocycles. The molecule has 0 aromatic carbocycles. The predicted octanol–water partition coefficient (Wildman–Crippen LogP) is 4.24. The Kier molecular flexibility index (Phi) is 8.22. The summed E-state index contributed by atoms with van der Waals surface area (Å²) in [5.74, 6) is 0. The molecule has 0 saturated heterocycles. The average molecular weight is 229 g/mol. The second-order valence-corrected chi connectivity index (χ2v) is 4.64. The second kappa shape index (κ2) is 8.21. The molecular weight excluding hydrogens is 206 g/mol. The van der Waals surface area contributed by atoms with E-state index in [1.165, 1.54) is 25.7 Å². The van der Waals surface area contributed by atoms with Crippen LogP contribution in [0.4, 0.5) is 0 Å². The van der Waals surface area contributed by atoms with Crippen molar-refractivity contribution in [3.05, 3.63) is 0 Å². The number of hydrogen-bond acceptors (Lipinski definition) is 1. The lowest BCUT2D eigenvalue weighted by Gasteiger charge is -2.23. The van der Waals surface area contributed by atoms with Crippen LogP contribution in [0, 0.1) is 0 Å². The molecule has 0 aliphatic heterocycles. The van der Waals surface area contributed by atoms with Crippen molar-refractivity contribution in [2.45, 2.75) is 70.5 Å². The van der Waals surface area contributed by atoms with E-state index in [1.54, 1.807) is 0 Å². The number of carbonyl (C=O) groups is 1. The Morgan fingerprint density at radius 1 is 1.13 bits per heavy atom. The first-order chi connectivity index (χ1) is 7.06. The minimum Gasteiger partial charge on any atom is -0.282 e.